The molecule has 0 saturated heterocycles. The lowest BCUT2D eigenvalue weighted by Crippen LogP contribution is -2.40. The molecule has 2 aromatic rings. The van der Waals surface area contributed by atoms with E-state index in [0.717, 1.165) is 21.3 Å². The van der Waals surface area contributed by atoms with Crippen molar-refractivity contribution < 1.29 is 4.79 Å². The number of aryl methyl sites for hydroxylation is 1. The summed E-state index contributed by atoms with van der Waals surface area (Å²) in [6.45, 7) is 5.70. The Labute approximate surface area is 139 Å². The van der Waals surface area contributed by atoms with Crippen LogP contribution in [-0.4, -0.2) is 40.2 Å². The molecule has 0 aliphatic heterocycles. The summed E-state index contributed by atoms with van der Waals surface area (Å²) in [6, 6.07) is 3.98. The van der Waals surface area contributed by atoms with Crippen LogP contribution >= 0.6 is 22.9 Å². The Morgan fingerprint density at radius 3 is 2.91 bits per heavy atom. The van der Waals surface area contributed by atoms with Crippen LogP contribution in [0.25, 0.3) is 0 Å². The van der Waals surface area contributed by atoms with Gasteiger partial charge in [-0.2, -0.15) is 5.10 Å². The number of likely N-dealkylation sites (N-methyl/N-ethyl adjacent to an activating group) is 1. The van der Waals surface area contributed by atoms with Crippen LogP contribution < -0.4 is 5.32 Å². The van der Waals surface area contributed by atoms with Gasteiger partial charge >= 0.3 is 0 Å². The van der Waals surface area contributed by atoms with Gasteiger partial charge in [-0.25, -0.2) is 0 Å². The van der Waals surface area contributed by atoms with E-state index in [2.05, 4.69) is 10.4 Å². The number of rotatable bonds is 7. The van der Waals surface area contributed by atoms with Gasteiger partial charge in [0.2, 0.25) is 5.91 Å². The third kappa shape index (κ3) is 5.12. The maximum atomic E-state index is 12.1. The minimum atomic E-state index is 0.0630. The van der Waals surface area contributed by atoms with Crippen molar-refractivity contribution in [2.24, 2.45) is 0 Å². The van der Waals surface area contributed by atoms with Crippen LogP contribution in [0.5, 0.6) is 0 Å². The number of nitrogens with one attached hydrogen (secondary N) is 1. The standard InChI is InChI=1S/C15H21ClN4OS/c1-11-6-18-20(8-11)9-12(2)17-7-15(21)19(3)10-13-4-5-14(16)22-13/h4-6,8,12,17H,7,9-10H2,1-3H3/t12-/m0/s1. The number of hydrogen-bond donors (Lipinski definition) is 1. The molecule has 0 bridgehead atoms. The first-order valence-corrected chi connectivity index (χ1v) is 8.34. The highest BCUT2D eigenvalue weighted by atomic mass is 35.5. The zero-order chi connectivity index (χ0) is 16.1. The minimum absolute atomic E-state index is 0.0630. The highest BCUT2D eigenvalue weighted by Crippen LogP contribution is 2.22. The molecule has 7 heteroatoms. The quantitative estimate of drug-likeness (QED) is 0.842. The summed E-state index contributed by atoms with van der Waals surface area (Å²) in [5, 5.41) is 7.48. The first-order chi connectivity index (χ1) is 10.4. The molecule has 5 nitrogen and oxygen atoms in total. The third-order valence-corrected chi connectivity index (χ3v) is 4.49. The summed E-state index contributed by atoms with van der Waals surface area (Å²) in [4.78, 5) is 14.9. The second kappa shape index (κ2) is 7.76. The second-order valence-corrected chi connectivity index (χ2v) is 7.28. The molecule has 1 N–H and O–H groups in total. The summed E-state index contributed by atoms with van der Waals surface area (Å²) in [5.41, 5.74) is 1.14. The lowest BCUT2D eigenvalue weighted by atomic mass is 10.3. The molecule has 2 rings (SSSR count). The Morgan fingerprint density at radius 1 is 1.55 bits per heavy atom. The summed E-state index contributed by atoms with van der Waals surface area (Å²) in [5.74, 6) is 0.0630. The van der Waals surface area contributed by atoms with Gasteiger partial charge in [-0.05, 0) is 31.5 Å². The minimum Gasteiger partial charge on any atom is -0.340 e. The number of carbonyl (C=O) groups is 1. The molecular weight excluding hydrogens is 320 g/mol. The summed E-state index contributed by atoms with van der Waals surface area (Å²) < 4.78 is 2.63. The van der Waals surface area contributed by atoms with Gasteiger partial charge in [0.25, 0.3) is 0 Å². The Balaban J connectivity index is 1.74. The summed E-state index contributed by atoms with van der Waals surface area (Å²) in [7, 11) is 1.80. The zero-order valence-corrected chi connectivity index (χ0v) is 14.6. The third-order valence-electron chi connectivity index (χ3n) is 3.27. The van der Waals surface area contributed by atoms with Crippen LogP contribution in [0.2, 0.25) is 4.34 Å². The molecule has 1 amide bonds. The fourth-order valence-corrected chi connectivity index (χ4v) is 3.21. The van der Waals surface area contributed by atoms with Gasteiger partial charge in [0.15, 0.2) is 0 Å². The van der Waals surface area contributed by atoms with E-state index in [1.165, 1.54) is 11.3 Å². The molecule has 0 radical (unpaired) electrons. The lowest BCUT2D eigenvalue weighted by molar-refractivity contribution is -0.129. The van der Waals surface area contributed by atoms with Crippen LogP contribution in [0, 0.1) is 6.92 Å². The fraction of sp³-hybridized carbons (Fsp3) is 0.467. The molecule has 0 aliphatic rings. The smallest absolute Gasteiger partial charge is 0.236 e. The predicted molar refractivity (Wildman–Crippen MR) is 90.2 cm³/mol. The molecule has 0 saturated carbocycles. The van der Waals surface area contributed by atoms with Gasteiger partial charge in [0.1, 0.15) is 0 Å². The van der Waals surface area contributed by atoms with Crippen LogP contribution in [0.4, 0.5) is 0 Å². The number of hydrogen-bond acceptors (Lipinski definition) is 4. The number of amides is 1. The molecule has 120 valence electrons. The second-order valence-electron chi connectivity index (χ2n) is 5.48. The number of aromatic nitrogens is 2. The molecule has 0 aliphatic carbocycles. The van der Waals surface area contributed by atoms with Crippen LogP contribution in [0.15, 0.2) is 24.5 Å². The Hall–Kier alpha value is -1.37. The first kappa shape index (κ1) is 17.0. The van der Waals surface area contributed by atoms with Crippen LogP contribution in [-0.2, 0) is 17.9 Å². The molecule has 0 fully saturated rings. The monoisotopic (exact) mass is 340 g/mol. The SMILES string of the molecule is Cc1cnn(C[C@H](C)NCC(=O)N(C)Cc2ccc(Cl)s2)c1. The molecule has 1 atom stereocenters. The normalized spacial score (nSPS) is 12.4. The van der Waals surface area contributed by atoms with E-state index in [1.54, 1.807) is 11.9 Å². The lowest BCUT2D eigenvalue weighted by Gasteiger charge is -2.19. The number of thiophene rings is 1. The van der Waals surface area contributed by atoms with Crippen molar-refractivity contribution in [1.29, 1.82) is 0 Å². The average Bonchev–Trinajstić information content (AvgIpc) is 3.05. The molecule has 0 aromatic carbocycles. The largest absolute Gasteiger partial charge is 0.340 e. The van der Waals surface area contributed by atoms with Crippen molar-refractivity contribution in [2.45, 2.75) is 33.0 Å². The number of carbonyl (C=O) groups excluding carboxylic acids is 1. The Bertz CT molecular complexity index is 625. The topological polar surface area (TPSA) is 50.2 Å². The van der Waals surface area contributed by atoms with E-state index >= 15 is 0 Å². The van der Waals surface area contributed by atoms with Gasteiger partial charge in [-0.15, -0.1) is 11.3 Å². The van der Waals surface area contributed by atoms with Gasteiger partial charge in [0, 0.05) is 24.2 Å². The number of halogens is 1. The van der Waals surface area contributed by atoms with Gasteiger partial charge in [-0.3, -0.25) is 9.48 Å². The highest BCUT2D eigenvalue weighted by Gasteiger charge is 2.12. The molecular formula is C15H21ClN4OS. The van der Waals surface area contributed by atoms with Crippen molar-refractivity contribution in [2.75, 3.05) is 13.6 Å². The van der Waals surface area contributed by atoms with Crippen molar-refractivity contribution in [3.63, 3.8) is 0 Å². The fourth-order valence-electron chi connectivity index (χ4n) is 2.07. The first-order valence-electron chi connectivity index (χ1n) is 7.14. The van der Waals surface area contributed by atoms with E-state index in [0.29, 0.717) is 13.1 Å². The zero-order valence-electron chi connectivity index (χ0n) is 13.0. The van der Waals surface area contributed by atoms with Crippen LogP contribution in [0.1, 0.15) is 17.4 Å². The maximum absolute atomic E-state index is 12.1. The van der Waals surface area contributed by atoms with E-state index in [1.807, 2.05) is 43.1 Å². The van der Waals surface area contributed by atoms with Crippen molar-refractivity contribution in [1.82, 2.24) is 20.0 Å². The predicted octanol–water partition coefficient (Wildman–Crippen LogP) is 2.54. The molecule has 0 spiro atoms. The Morgan fingerprint density at radius 2 is 2.32 bits per heavy atom. The molecule has 22 heavy (non-hydrogen) atoms. The Kier molecular flexibility index (Phi) is 5.99. The van der Waals surface area contributed by atoms with Crippen molar-refractivity contribution in [3.8, 4) is 0 Å². The van der Waals surface area contributed by atoms with Crippen molar-refractivity contribution >= 4 is 28.8 Å². The van der Waals surface area contributed by atoms with E-state index < -0.39 is 0 Å². The summed E-state index contributed by atoms with van der Waals surface area (Å²) >= 11 is 7.40. The van der Waals surface area contributed by atoms with Crippen LogP contribution in [0.3, 0.4) is 0 Å². The van der Waals surface area contributed by atoms with Gasteiger partial charge in [-0.1, -0.05) is 11.6 Å². The molecule has 2 aromatic heterocycles. The van der Waals surface area contributed by atoms with E-state index in [4.69, 9.17) is 11.6 Å². The average molecular weight is 341 g/mol. The van der Waals surface area contributed by atoms with Gasteiger partial charge < -0.3 is 10.2 Å². The van der Waals surface area contributed by atoms with E-state index in [-0.39, 0.29) is 11.9 Å². The maximum Gasteiger partial charge on any atom is 0.236 e. The molecule has 0 unspecified atom stereocenters. The summed E-state index contributed by atoms with van der Waals surface area (Å²) in [6.07, 6.45) is 3.82. The number of nitrogens with zero attached hydrogens (tertiary/aromatic N) is 3. The molecule has 2 heterocycles. The van der Waals surface area contributed by atoms with Gasteiger partial charge in [0.05, 0.1) is 30.2 Å². The van der Waals surface area contributed by atoms with Crippen molar-refractivity contribution in [3.05, 3.63) is 39.3 Å². The highest BCUT2D eigenvalue weighted by molar-refractivity contribution is 7.16. The van der Waals surface area contributed by atoms with E-state index in [9.17, 15) is 4.79 Å².